The van der Waals surface area contributed by atoms with E-state index in [1.165, 1.54) is 0 Å². The van der Waals surface area contributed by atoms with E-state index in [2.05, 4.69) is 14.7 Å². The van der Waals surface area contributed by atoms with E-state index in [-0.39, 0.29) is 0 Å². The van der Waals surface area contributed by atoms with Crippen LogP contribution in [0.1, 0.15) is 24.6 Å². The highest BCUT2D eigenvalue weighted by Crippen LogP contribution is 2.33. The Kier molecular flexibility index (Phi) is 4.62. The van der Waals surface area contributed by atoms with Crippen LogP contribution in [0.2, 0.25) is 0 Å². The average Bonchev–Trinajstić information content (AvgIpc) is 3.17. The van der Waals surface area contributed by atoms with Crippen LogP contribution in [0.4, 0.5) is 5.82 Å². The van der Waals surface area contributed by atoms with Gasteiger partial charge < -0.3 is 15.8 Å². The van der Waals surface area contributed by atoms with Crippen LogP contribution in [0.5, 0.6) is 11.5 Å². The molecule has 29 heavy (non-hydrogen) atoms. The first-order valence-corrected chi connectivity index (χ1v) is 9.96. The highest BCUT2D eigenvalue weighted by molar-refractivity contribution is 5.85. The number of ether oxygens (including phenoxy) is 1. The van der Waals surface area contributed by atoms with Gasteiger partial charge in [-0.15, -0.1) is 0 Å². The minimum atomic E-state index is 0.368. The van der Waals surface area contributed by atoms with Crippen molar-refractivity contribution < 1.29 is 4.74 Å². The van der Waals surface area contributed by atoms with Crippen molar-refractivity contribution in [2.24, 2.45) is 0 Å². The van der Waals surface area contributed by atoms with Gasteiger partial charge in [0.2, 0.25) is 0 Å². The molecule has 5 rings (SSSR count). The standard InChI is InChI=1S/C23H23N5O/c24-22-21-20(16-8-10-19(11-9-16)29-18-6-2-1-3-7-18)27-23(28(21)14-13-26-22)17-5-4-12-25-15-17/h1-3,6-11,13-14,17,25H,4-5,12,15H2,(H2,24,26). The predicted octanol–water partition coefficient (Wildman–Crippen LogP) is 4.24. The molecule has 1 atom stereocenters. The topological polar surface area (TPSA) is 77.5 Å². The van der Waals surface area contributed by atoms with Gasteiger partial charge in [-0.1, -0.05) is 18.2 Å². The van der Waals surface area contributed by atoms with Crippen molar-refractivity contribution in [3.05, 3.63) is 72.8 Å². The fraction of sp³-hybridized carbons (Fsp3) is 0.217. The van der Waals surface area contributed by atoms with E-state index in [1.54, 1.807) is 6.20 Å². The Bertz CT molecular complexity index is 1120. The summed E-state index contributed by atoms with van der Waals surface area (Å²) in [7, 11) is 0. The Hall–Kier alpha value is -3.38. The van der Waals surface area contributed by atoms with Crippen molar-refractivity contribution in [1.82, 2.24) is 19.7 Å². The van der Waals surface area contributed by atoms with Crippen LogP contribution >= 0.6 is 0 Å². The minimum Gasteiger partial charge on any atom is -0.457 e. The van der Waals surface area contributed by atoms with Gasteiger partial charge in [0, 0.05) is 30.4 Å². The summed E-state index contributed by atoms with van der Waals surface area (Å²) in [6, 6.07) is 17.7. The van der Waals surface area contributed by atoms with Gasteiger partial charge in [0.1, 0.15) is 34.4 Å². The first kappa shape index (κ1) is 17.7. The number of nitrogens with zero attached hydrogens (tertiary/aromatic N) is 3. The fourth-order valence-electron chi connectivity index (χ4n) is 3.95. The molecule has 0 aliphatic carbocycles. The number of nitrogens with one attached hydrogen (secondary N) is 1. The van der Waals surface area contributed by atoms with E-state index < -0.39 is 0 Å². The number of fused-ring (bicyclic) bond motifs is 1. The number of nitrogen functional groups attached to an aromatic ring is 1. The zero-order valence-corrected chi connectivity index (χ0v) is 16.1. The highest BCUT2D eigenvalue weighted by atomic mass is 16.5. The van der Waals surface area contributed by atoms with Gasteiger partial charge in [-0.2, -0.15) is 0 Å². The molecular weight excluding hydrogens is 362 g/mol. The maximum atomic E-state index is 6.26. The first-order valence-electron chi connectivity index (χ1n) is 9.96. The van der Waals surface area contributed by atoms with E-state index in [0.717, 1.165) is 60.0 Å². The average molecular weight is 385 g/mol. The molecule has 1 fully saturated rings. The third-order valence-corrected chi connectivity index (χ3v) is 5.38. The van der Waals surface area contributed by atoms with Crippen LogP contribution in [-0.2, 0) is 0 Å². The number of rotatable bonds is 4. The molecule has 2 aromatic heterocycles. The van der Waals surface area contributed by atoms with E-state index in [9.17, 15) is 0 Å². The molecule has 3 heterocycles. The smallest absolute Gasteiger partial charge is 0.150 e. The van der Waals surface area contributed by atoms with Crippen molar-refractivity contribution in [2.75, 3.05) is 18.8 Å². The number of benzene rings is 2. The Morgan fingerprint density at radius 2 is 1.83 bits per heavy atom. The molecule has 0 amide bonds. The predicted molar refractivity (Wildman–Crippen MR) is 114 cm³/mol. The SMILES string of the molecule is Nc1nccn2c(C3CCCNC3)nc(-c3ccc(Oc4ccccc4)cc3)c12. The number of aromatic nitrogens is 3. The third kappa shape index (κ3) is 3.43. The van der Waals surface area contributed by atoms with Gasteiger partial charge in [0.15, 0.2) is 0 Å². The van der Waals surface area contributed by atoms with Crippen LogP contribution in [0.25, 0.3) is 16.8 Å². The molecule has 1 aliphatic heterocycles. The molecule has 6 heteroatoms. The lowest BCUT2D eigenvalue weighted by atomic mass is 9.99. The monoisotopic (exact) mass is 385 g/mol. The summed E-state index contributed by atoms with van der Waals surface area (Å²) >= 11 is 0. The summed E-state index contributed by atoms with van der Waals surface area (Å²) < 4.78 is 8.01. The lowest BCUT2D eigenvalue weighted by Gasteiger charge is -2.21. The number of imidazole rings is 1. The molecule has 4 aromatic rings. The molecule has 0 radical (unpaired) electrons. The second kappa shape index (κ2) is 7.56. The van der Waals surface area contributed by atoms with Gasteiger partial charge in [-0.05, 0) is 55.8 Å². The zero-order valence-electron chi connectivity index (χ0n) is 16.1. The van der Waals surface area contributed by atoms with Gasteiger partial charge in [0.05, 0.1) is 0 Å². The van der Waals surface area contributed by atoms with Crippen LogP contribution in [0.15, 0.2) is 67.0 Å². The van der Waals surface area contributed by atoms with Crippen molar-refractivity contribution >= 4 is 11.3 Å². The maximum Gasteiger partial charge on any atom is 0.150 e. The molecule has 146 valence electrons. The zero-order chi connectivity index (χ0) is 19.6. The molecular formula is C23H23N5O. The second-order valence-electron chi connectivity index (χ2n) is 7.33. The molecule has 1 saturated heterocycles. The Morgan fingerprint density at radius 3 is 2.59 bits per heavy atom. The van der Waals surface area contributed by atoms with Gasteiger partial charge in [-0.3, -0.25) is 4.40 Å². The van der Waals surface area contributed by atoms with Crippen molar-refractivity contribution in [2.45, 2.75) is 18.8 Å². The number of hydrogen-bond donors (Lipinski definition) is 2. The Labute approximate surface area is 169 Å². The first-order chi connectivity index (χ1) is 14.3. The number of piperidine rings is 1. The van der Waals surface area contributed by atoms with Crippen molar-refractivity contribution in [3.63, 3.8) is 0 Å². The summed E-state index contributed by atoms with van der Waals surface area (Å²) in [6.07, 6.45) is 5.97. The fourth-order valence-corrected chi connectivity index (χ4v) is 3.95. The lowest BCUT2D eigenvalue weighted by molar-refractivity contribution is 0.446. The Morgan fingerprint density at radius 1 is 1.03 bits per heavy atom. The van der Waals surface area contributed by atoms with Crippen LogP contribution in [-0.4, -0.2) is 27.5 Å². The van der Waals surface area contributed by atoms with Crippen molar-refractivity contribution in [3.8, 4) is 22.8 Å². The minimum absolute atomic E-state index is 0.368. The molecule has 1 unspecified atom stereocenters. The normalized spacial score (nSPS) is 16.8. The summed E-state index contributed by atoms with van der Waals surface area (Å²) in [6.45, 7) is 2.00. The molecule has 0 spiro atoms. The molecule has 0 saturated carbocycles. The summed E-state index contributed by atoms with van der Waals surface area (Å²) in [5, 5.41) is 3.48. The Balaban J connectivity index is 1.52. The van der Waals surface area contributed by atoms with E-state index in [1.807, 2.05) is 60.8 Å². The number of anilines is 1. The van der Waals surface area contributed by atoms with Crippen LogP contribution in [0, 0.1) is 0 Å². The molecule has 6 nitrogen and oxygen atoms in total. The van der Waals surface area contributed by atoms with E-state index >= 15 is 0 Å². The third-order valence-electron chi connectivity index (χ3n) is 5.38. The summed E-state index contributed by atoms with van der Waals surface area (Å²) in [5.74, 6) is 3.50. The second-order valence-corrected chi connectivity index (χ2v) is 7.33. The molecule has 3 N–H and O–H groups in total. The highest BCUT2D eigenvalue weighted by Gasteiger charge is 2.23. The van der Waals surface area contributed by atoms with Gasteiger partial charge in [-0.25, -0.2) is 9.97 Å². The molecule has 2 aromatic carbocycles. The van der Waals surface area contributed by atoms with Gasteiger partial charge >= 0.3 is 0 Å². The van der Waals surface area contributed by atoms with Crippen LogP contribution in [0.3, 0.4) is 0 Å². The summed E-state index contributed by atoms with van der Waals surface area (Å²) in [4.78, 5) is 9.32. The number of nitrogens with two attached hydrogens (primary N) is 1. The maximum absolute atomic E-state index is 6.26. The number of hydrogen-bond acceptors (Lipinski definition) is 5. The quantitative estimate of drug-likeness (QED) is 0.549. The lowest BCUT2D eigenvalue weighted by Crippen LogP contribution is -2.29. The van der Waals surface area contributed by atoms with E-state index in [0.29, 0.717) is 11.7 Å². The van der Waals surface area contributed by atoms with E-state index in [4.69, 9.17) is 15.5 Å². The molecule has 1 aliphatic rings. The number of para-hydroxylation sites is 1. The largest absolute Gasteiger partial charge is 0.457 e. The molecule has 0 bridgehead atoms. The van der Waals surface area contributed by atoms with Gasteiger partial charge in [0.25, 0.3) is 0 Å². The van der Waals surface area contributed by atoms with Crippen LogP contribution < -0.4 is 15.8 Å². The van der Waals surface area contributed by atoms with Crippen molar-refractivity contribution in [1.29, 1.82) is 0 Å². The summed E-state index contributed by atoms with van der Waals surface area (Å²) in [5.41, 5.74) is 8.98.